The van der Waals surface area contributed by atoms with Gasteiger partial charge in [0.05, 0.1) is 33.2 Å². The second kappa shape index (κ2) is 28.6. The first-order valence-electron chi connectivity index (χ1n) is 37.7. The lowest BCUT2D eigenvalue weighted by Crippen LogP contribution is -2.30. The summed E-state index contributed by atoms with van der Waals surface area (Å²) in [6, 6.07) is 142. The lowest BCUT2D eigenvalue weighted by atomic mass is 9.65. The van der Waals surface area contributed by atoms with Gasteiger partial charge in [-0.3, -0.25) is 9.36 Å². The fourth-order valence-electron chi connectivity index (χ4n) is 17.4. The number of nitrogen functional groups attached to an aromatic ring is 1. The van der Waals surface area contributed by atoms with Crippen molar-refractivity contribution in [3.63, 3.8) is 0 Å². The molecule has 1 heterocycles. The molecule has 0 fully saturated rings. The number of aldehydes is 1. The summed E-state index contributed by atoms with van der Waals surface area (Å²) in [6.07, 6.45) is 10.0. The van der Waals surface area contributed by atoms with Crippen LogP contribution in [0.5, 0.6) is 0 Å². The molecule has 0 saturated heterocycles. The lowest BCUT2D eigenvalue weighted by molar-refractivity contribution is 0.112. The maximum absolute atomic E-state index is 12.2. The number of anilines is 9. The van der Waals surface area contributed by atoms with Crippen LogP contribution in [0, 0.1) is 0 Å². The zero-order chi connectivity index (χ0) is 74.2. The summed E-state index contributed by atoms with van der Waals surface area (Å²) >= 11 is 0. The van der Waals surface area contributed by atoms with Gasteiger partial charge in [-0.25, -0.2) is 4.98 Å². The molecule has 17 aromatic rings. The molecule has 7 nitrogen and oxygen atoms in total. The van der Waals surface area contributed by atoms with Gasteiger partial charge < -0.3 is 20.9 Å². The molecule has 0 aliphatic heterocycles. The number of benzene rings is 16. The molecule has 4 aliphatic rings. The third-order valence-electron chi connectivity index (χ3n) is 22.2. The quantitative estimate of drug-likeness (QED) is 0.0992. The van der Waals surface area contributed by atoms with Crippen LogP contribution in [0.15, 0.2) is 400 Å². The van der Waals surface area contributed by atoms with E-state index in [4.69, 9.17) is 10.7 Å². The van der Waals surface area contributed by atoms with E-state index in [1.807, 2.05) is 60.7 Å². The van der Waals surface area contributed by atoms with Crippen molar-refractivity contribution >= 4 is 92.8 Å². The van der Waals surface area contributed by atoms with Crippen LogP contribution in [0.25, 0.3) is 74.7 Å². The highest BCUT2D eigenvalue weighted by atomic mass is 16.1. The summed E-state index contributed by atoms with van der Waals surface area (Å²) in [5.41, 5.74) is 38.4. The van der Waals surface area contributed by atoms with Crippen LogP contribution in [0.2, 0.25) is 0 Å². The van der Waals surface area contributed by atoms with Gasteiger partial charge in [0, 0.05) is 56.6 Å². The first-order chi connectivity index (χ1) is 54.9. The topological polar surface area (TPSA) is 79.4 Å². The fraction of sp³-hybridized carbons (Fsp3) is 0.0192. The Morgan fingerprint density at radius 3 is 1.13 bits per heavy atom. The minimum Gasteiger partial charge on any atom is -0.397 e. The number of carbonyl (C=O) groups excluding carboxylic acids is 1. The summed E-state index contributed by atoms with van der Waals surface area (Å²) < 4.78 is 2.30. The number of nitrogens with zero attached hydrogens (tertiary/aromatic N) is 4. The van der Waals surface area contributed by atoms with Crippen molar-refractivity contribution in [3.05, 3.63) is 473 Å². The number of nitrogens with two attached hydrogens (primary N) is 1. The van der Waals surface area contributed by atoms with Gasteiger partial charge in [-0.1, -0.05) is 291 Å². The van der Waals surface area contributed by atoms with E-state index in [9.17, 15) is 4.79 Å². The van der Waals surface area contributed by atoms with E-state index in [1.54, 1.807) is 0 Å². The number of hydrogen-bond acceptors (Lipinski definition) is 6. The summed E-state index contributed by atoms with van der Waals surface area (Å²) in [7, 11) is 0. The van der Waals surface area contributed by atoms with Gasteiger partial charge >= 0.3 is 0 Å². The van der Waals surface area contributed by atoms with Gasteiger partial charge in [0.25, 0.3) is 0 Å². The summed E-state index contributed by atoms with van der Waals surface area (Å²) in [4.78, 5) is 22.2. The van der Waals surface area contributed by atoms with Crippen molar-refractivity contribution in [1.29, 1.82) is 0 Å². The molecular weight excluding hydrogens is 1350 g/mol. The Morgan fingerprint density at radius 2 is 0.676 bits per heavy atom. The van der Waals surface area contributed by atoms with Crippen LogP contribution in [0.1, 0.15) is 77.1 Å². The van der Waals surface area contributed by atoms with Crippen molar-refractivity contribution < 1.29 is 4.79 Å². The van der Waals surface area contributed by atoms with Gasteiger partial charge in [-0.2, -0.15) is 0 Å². The fourth-order valence-corrected chi connectivity index (χ4v) is 17.4. The second-order valence-corrected chi connectivity index (χ2v) is 28.3. The van der Waals surface area contributed by atoms with Gasteiger partial charge in [0.1, 0.15) is 12.1 Å². The molecule has 21 rings (SSSR count). The lowest BCUT2D eigenvalue weighted by Gasteiger charge is -2.36. The van der Waals surface area contributed by atoms with Crippen molar-refractivity contribution in [1.82, 2.24) is 9.55 Å². The van der Waals surface area contributed by atoms with Crippen LogP contribution in [-0.2, 0) is 10.8 Å². The van der Waals surface area contributed by atoms with Crippen molar-refractivity contribution in [2.75, 3.05) is 20.9 Å². The minimum atomic E-state index is -0.615. The molecule has 526 valence electrons. The maximum Gasteiger partial charge on any atom is 0.150 e. The second-order valence-electron chi connectivity index (χ2n) is 28.3. The standard InChI is InChI=1S/C52H35N3.C40H27NO.C12H12N2/c1-4-16-39(17-5-1)54(40-18-6-2-7-19-40)42-33-32-37-29-28-36-30-31-38(51-53-49-26-14-15-27-50(49)55(51)41-20-8-3-9-21-41)34-47(36)52(48(37)35-42)45-24-12-10-22-43(45)44-23-11-13-25-46(44)52;42-27-28-19-20-29-21-22-30-23-24-33(41(31-11-3-1-4-12-31)32-13-5-2-6-14-32)26-39(30)40(38(29)25-28)36-17-9-7-15-34(36)35-16-8-10-18-37(35)40;13-11-8-4-5-9-12(11)14-10-6-2-1-3-7-10/h1-35H;1-27H;1-9,14H,13H2. The summed E-state index contributed by atoms with van der Waals surface area (Å²) in [5, 5.41) is 3.25. The Kier molecular flexibility index (Phi) is 17.2. The molecule has 0 atom stereocenters. The molecule has 0 bridgehead atoms. The number of hydrogen-bond donors (Lipinski definition) is 2. The number of para-hydroxylation sites is 10. The first-order valence-corrected chi connectivity index (χ1v) is 37.7. The molecular formula is C104H74N6O. The highest BCUT2D eigenvalue weighted by molar-refractivity contribution is 5.97. The molecule has 0 unspecified atom stereocenters. The number of carbonyl (C=O) groups is 1. The van der Waals surface area contributed by atoms with Crippen LogP contribution < -0.4 is 20.9 Å². The number of fused-ring (bicyclic) bond motifs is 19. The van der Waals surface area contributed by atoms with E-state index in [0.717, 1.165) is 102 Å². The molecule has 7 heteroatoms. The average Bonchev–Trinajstić information content (AvgIpc) is 1.54. The highest BCUT2D eigenvalue weighted by Gasteiger charge is 2.51. The van der Waals surface area contributed by atoms with Crippen LogP contribution in [0.3, 0.4) is 0 Å². The number of rotatable bonds is 11. The van der Waals surface area contributed by atoms with E-state index >= 15 is 0 Å². The van der Waals surface area contributed by atoms with Crippen molar-refractivity contribution in [2.45, 2.75) is 10.8 Å². The molecule has 16 aromatic carbocycles. The summed E-state index contributed by atoms with van der Waals surface area (Å²) in [5.74, 6) is 0.923. The third-order valence-corrected chi connectivity index (χ3v) is 22.2. The predicted octanol–water partition coefficient (Wildman–Crippen LogP) is 25.8. The third kappa shape index (κ3) is 11.6. The van der Waals surface area contributed by atoms with Crippen LogP contribution in [0.4, 0.5) is 51.2 Å². The van der Waals surface area contributed by atoms with Crippen LogP contribution >= 0.6 is 0 Å². The first kappa shape index (κ1) is 67.0. The van der Waals surface area contributed by atoms with Gasteiger partial charge in [-0.15, -0.1) is 0 Å². The SMILES string of the molecule is C1=Cc2ccc(N(c3ccccc3)c3ccccc3)cc2C2(c3cc(-c4nc5ccccc5n4-c4ccccc4)ccc31)c1ccccc1-c1ccccc12.Nc1ccccc1Nc1ccccc1.O=Cc1ccc2c(c1)C1(c3cc(N(c4ccccc4)c4ccccc4)ccc3C=C2)c2ccccc2-c2ccccc21. The number of imidazole rings is 1. The number of aromatic nitrogens is 2. The van der Waals surface area contributed by atoms with Crippen LogP contribution in [-0.4, -0.2) is 15.8 Å². The van der Waals surface area contributed by atoms with Crippen molar-refractivity contribution in [3.8, 4) is 39.3 Å². The van der Waals surface area contributed by atoms with Crippen molar-refractivity contribution in [2.24, 2.45) is 0 Å². The molecule has 1 aromatic heterocycles. The highest BCUT2D eigenvalue weighted by Crippen LogP contribution is 2.62. The Hall–Kier alpha value is -14.7. The Morgan fingerprint density at radius 1 is 0.315 bits per heavy atom. The van der Waals surface area contributed by atoms with E-state index in [1.165, 1.54) is 72.3 Å². The van der Waals surface area contributed by atoms with E-state index < -0.39 is 10.8 Å². The van der Waals surface area contributed by atoms with Gasteiger partial charge in [0.15, 0.2) is 0 Å². The molecule has 0 radical (unpaired) electrons. The number of nitrogens with one attached hydrogen (secondary N) is 1. The Labute approximate surface area is 646 Å². The molecule has 4 aliphatic carbocycles. The molecule has 0 saturated carbocycles. The summed E-state index contributed by atoms with van der Waals surface area (Å²) in [6.45, 7) is 0. The predicted molar refractivity (Wildman–Crippen MR) is 461 cm³/mol. The largest absolute Gasteiger partial charge is 0.397 e. The average molecular weight is 1420 g/mol. The normalized spacial score (nSPS) is 12.8. The zero-order valence-electron chi connectivity index (χ0n) is 60.8. The molecule has 111 heavy (non-hydrogen) atoms. The molecule has 2 spiro atoms. The zero-order valence-corrected chi connectivity index (χ0v) is 60.8. The van der Waals surface area contributed by atoms with E-state index in [2.05, 4.69) is 384 Å². The maximum atomic E-state index is 12.2. The Balaban J connectivity index is 0.000000131. The minimum absolute atomic E-state index is 0.602. The van der Waals surface area contributed by atoms with Gasteiger partial charge in [0.2, 0.25) is 0 Å². The monoisotopic (exact) mass is 1420 g/mol. The molecule has 0 amide bonds. The van der Waals surface area contributed by atoms with E-state index in [-0.39, 0.29) is 0 Å². The smallest absolute Gasteiger partial charge is 0.150 e. The van der Waals surface area contributed by atoms with Gasteiger partial charge in [-0.05, 0) is 222 Å². The van der Waals surface area contributed by atoms with E-state index in [0.29, 0.717) is 5.56 Å². The Bertz CT molecular complexity index is 6240. The molecule has 3 N–H and O–H groups in total.